The van der Waals surface area contributed by atoms with Gasteiger partial charge in [0.1, 0.15) is 0 Å². The van der Waals surface area contributed by atoms with Crippen molar-refractivity contribution < 1.29 is 14.4 Å². The SMILES string of the molecule is CONC(=O)C(C)(OC)c1ccc(N2CCCC2)cc1. The number of carbonyl (C=O) groups is 1. The molecule has 1 heterocycles. The molecule has 1 aromatic carbocycles. The van der Waals surface area contributed by atoms with Crippen molar-refractivity contribution in [2.24, 2.45) is 0 Å². The molecule has 0 radical (unpaired) electrons. The molecule has 1 aliphatic rings. The summed E-state index contributed by atoms with van der Waals surface area (Å²) in [5, 5.41) is 0. The third-order valence-electron chi connectivity index (χ3n) is 3.93. The lowest BCUT2D eigenvalue weighted by atomic mass is 9.94. The molecular weight excluding hydrogens is 256 g/mol. The summed E-state index contributed by atoms with van der Waals surface area (Å²) < 4.78 is 5.40. The van der Waals surface area contributed by atoms with Crippen LogP contribution >= 0.6 is 0 Å². The fourth-order valence-electron chi connectivity index (χ4n) is 2.50. The zero-order valence-electron chi connectivity index (χ0n) is 12.3. The van der Waals surface area contributed by atoms with Gasteiger partial charge in [0.25, 0.3) is 5.91 Å². The summed E-state index contributed by atoms with van der Waals surface area (Å²) in [6.07, 6.45) is 2.49. The first-order valence-electron chi connectivity index (χ1n) is 6.86. The van der Waals surface area contributed by atoms with E-state index in [0.29, 0.717) is 0 Å². The smallest absolute Gasteiger partial charge is 0.280 e. The highest BCUT2D eigenvalue weighted by molar-refractivity contribution is 5.85. The van der Waals surface area contributed by atoms with Gasteiger partial charge in [-0.2, -0.15) is 0 Å². The number of hydroxylamine groups is 1. The van der Waals surface area contributed by atoms with Crippen molar-refractivity contribution in [1.82, 2.24) is 5.48 Å². The molecule has 0 aliphatic carbocycles. The molecule has 1 aromatic rings. The molecule has 0 spiro atoms. The number of rotatable bonds is 5. The Morgan fingerprint density at radius 2 is 1.80 bits per heavy atom. The molecule has 0 aromatic heterocycles. The van der Waals surface area contributed by atoms with Crippen LogP contribution in [0.4, 0.5) is 5.69 Å². The monoisotopic (exact) mass is 278 g/mol. The Hall–Kier alpha value is -1.59. The standard InChI is InChI=1S/C15H22N2O3/c1-15(19-2,14(18)16-20-3)12-6-8-13(9-7-12)17-10-4-5-11-17/h6-9H,4-5,10-11H2,1-3H3,(H,16,18). The second-order valence-corrected chi connectivity index (χ2v) is 5.11. The molecule has 0 saturated carbocycles. The number of nitrogens with one attached hydrogen (secondary N) is 1. The summed E-state index contributed by atoms with van der Waals surface area (Å²) >= 11 is 0. The summed E-state index contributed by atoms with van der Waals surface area (Å²) in [4.78, 5) is 19.1. The Morgan fingerprint density at radius 1 is 1.20 bits per heavy atom. The average molecular weight is 278 g/mol. The zero-order chi connectivity index (χ0) is 14.6. The van der Waals surface area contributed by atoms with E-state index >= 15 is 0 Å². The van der Waals surface area contributed by atoms with Crippen molar-refractivity contribution in [2.75, 3.05) is 32.2 Å². The third kappa shape index (κ3) is 2.78. The highest BCUT2D eigenvalue weighted by Crippen LogP contribution is 2.28. The molecule has 1 amide bonds. The highest BCUT2D eigenvalue weighted by atomic mass is 16.6. The van der Waals surface area contributed by atoms with Crippen LogP contribution in [0, 0.1) is 0 Å². The van der Waals surface area contributed by atoms with E-state index in [9.17, 15) is 4.79 Å². The molecule has 5 heteroatoms. The lowest BCUT2D eigenvalue weighted by Gasteiger charge is -2.27. The van der Waals surface area contributed by atoms with Crippen LogP contribution < -0.4 is 10.4 Å². The zero-order valence-corrected chi connectivity index (χ0v) is 12.3. The van der Waals surface area contributed by atoms with Crippen LogP contribution in [0.3, 0.4) is 0 Å². The van der Waals surface area contributed by atoms with Gasteiger partial charge in [-0.3, -0.25) is 9.63 Å². The molecule has 110 valence electrons. The minimum absolute atomic E-state index is 0.323. The van der Waals surface area contributed by atoms with Crippen molar-refractivity contribution in [1.29, 1.82) is 0 Å². The maximum atomic E-state index is 12.1. The topological polar surface area (TPSA) is 50.8 Å². The summed E-state index contributed by atoms with van der Waals surface area (Å²) in [6.45, 7) is 3.93. The Bertz CT molecular complexity index is 455. The lowest BCUT2D eigenvalue weighted by molar-refractivity contribution is -0.153. The fraction of sp³-hybridized carbons (Fsp3) is 0.533. The molecule has 1 saturated heterocycles. The summed E-state index contributed by atoms with van der Waals surface area (Å²) in [6, 6.07) is 7.95. The molecule has 1 atom stereocenters. The van der Waals surface area contributed by atoms with E-state index < -0.39 is 5.60 Å². The second-order valence-electron chi connectivity index (χ2n) is 5.11. The van der Waals surface area contributed by atoms with E-state index in [-0.39, 0.29) is 5.91 Å². The van der Waals surface area contributed by atoms with Crippen LogP contribution in [0.25, 0.3) is 0 Å². The van der Waals surface area contributed by atoms with Gasteiger partial charge in [0.05, 0.1) is 7.11 Å². The quantitative estimate of drug-likeness (QED) is 0.835. The van der Waals surface area contributed by atoms with Gasteiger partial charge in [-0.05, 0) is 37.5 Å². The number of benzene rings is 1. The van der Waals surface area contributed by atoms with Crippen molar-refractivity contribution in [3.05, 3.63) is 29.8 Å². The van der Waals surface area contributed by atoms with E-state index in [2.05, 4.69) is 10.4 Å². The van der Waals surface area contributed by atoms with Crippen LogP contribution in [0.15, 0.2) is 24.3 Å². The second kappa shape index (κ2) is 6.24. The molecule has 1 fully saturated rings. The lowest BCUT2D eigenvalue weighted by Crippen LogP contribution is -2.43. The van der Waals surface area contributed by atoms with E-state index in [0.717, 1.165) is 18.7 Å². The van der Waals surface area contributed by atoms with Crippen molar-refractivity contribution in [3.8, 4) is 0 Å². The average Bonchev–Trinajstić information content (AvgIpc) is 3.01. The highest BCUT2D eigenvalue weighted by Gasteiger charge is 2.35. The predicted octanol–water partition coefficient (Wildman–Crippen LogP) is 1.83. The van der Waals surface area contributed by atoms with E-state index in [1.54, 1.807) is 6.92 Å². The van der Waals surface area contributed by atoms with Crippen LogP contribution in [0.2, 0.25) is 0 Å². The van der Waals surface area contributed by atoms with Gasteiger partial charge in [0, 0.05) is 25.9 Å². The van der Waals surface area contributed by atoms with Gasteiger partial charge in [-0.15, -0.1) is 0 Å². The summed E-state index contributed by atoms with van der Waals surface area (Å²) in [7, 11) is 2.92. The Morgan fingerprint density at radius 3 is 2.30 bits per heavy atom. The van der Waals surface area contributed by atoms with E-state index in [4.69, 9.17) is 9.57 Å². The Balaban J connectivity index is 2.20. The minimum atomic E-state index is -1.06. The number of ether oxygens (including phenoxy) is 1. The van der Waals surface area contributed by atoms with Crippen LogP contribution in [0.1, 0.15) is 25.3 Å². The first-order chi connectivity index (χ1) is 9.61. The number of carbonyl (C=O) groups excluding carboxylic acids is 1. The van der Waals surface area contributed by atoms with Gasteiger partial charge in [0.2, 0.25) is 0 Å². The molecule has 20 heavy (non-hydrogen) atoms. The molecule has 1 aliphatic heterocycles. The van der Waals surface area contributed by atoms with Crippen LogP contribution in [-0.2, 0) is 20.0 Å². The maximum Gasteiger partial charge on any atom is 0.280 e. The van der Waals surface area contributed by atoms with Crippen molar-refractivity contribution in [2.45, 2.75) is 25.4 Å². The number of anilines is 1. The molecular formula is C15H22N2O3. The minimum Gasteiger partial charge on any atom is -0.372 e. The normalized spacial score (nSPS) is 17.9. The predicted molar refractivity (Wildman–Crippen MR) is 77.4 cm³/mol. The van der Waals surface area contributed by atoms with Crippen LogP contribution in [-0.4, -0.2) is 33.2 Å². The van der Waals surface area contributed by atoms with E-state index in [1.807, 2.05) is 24.3 Å². The van der Waals surface area contributed by atoms with Gasteiger partial charge >= 0.3 is 0 Å². The van der Waals surface area contributed by atoms with Crippen molar-refractivity contribution >= 4 is 11.6 Å². The molecule has 2 rings (SSSR count). The fourth-order valence-corrected chi connectivity index (χ4v) is 2.50. The van der Waals surface area contributed by atoms with Gasteiger partial charge in [-0.1, -0.05) is 12.1 Å². The number of amides is 1. The van der Waals surface area contributed by atoms with Gasteiger partial charge in [-0.25, -0.2) is 5.48 Å². The molecule has 5 nitrogen and oxygen atoms in total. The molecule has 1 N–H and O–H groups in total. The molecule has 0 bridgehead atoms. The number of nitrogens with zero attached hydrogens (tertiary/aromatic N) is 1. The largest absolute Gasteiger partial charge is 0.372 e. The number of hydrogen-bond donors (Lipinski definition) is 1. The third-order valence-corrected chi connectivity index (χ3v) is 3.93. The first-order valence-corrected chi connectivity index (χ1v) is 6.86. The van der Waals surface area contributed by atoms with E-state index in [1.165, 1.54) is 32.7 Å². The van der Waals surface area contributed by atoms with Gasteiger partial charge in [0.15, 0.2) is 5.60 Å². The summed E-state index contributed by atoms with van der Waals surface area (Å²) in [5.74, 6) is -0.323. The van der Waals surface area contributed by atoms with Gasteiger partial charge < -0.3 is 9.64 Å². The van der Waals surface area contributed by atoms with Crippen molar-refractivity contribution in [3.63, 3.8) is 0 Å². The Kier molecular flexibility index (Phi) is 4.62. The first kappa shape index (κ1) is 14.8. The van der Waals surface area contributed by atoms with Crippen LogP contribution in [0.5, 0.6) is 0 Å². The number of methoxy groups -OCH3 is 1. The molecule has 1 unspecified atom stereocenters. The number of hydrogen-bond acceptors (Lipinski definition) is 4. The maximum absolute atomic E-state index is 12.1. The Labute approximate surface area is 119 Å². The summed E-state index contributed by atoms with van der Waals surface area (Å²) in [5.41, 5.74) is 3.27.